The SMILES string of the molecule is CCCOCc1c(C(=O)C(C)(C)O)cccc1[Si](C)(O[Si](C)(C)C)O[Si](C)(C)C. The van der Waals surface area contributed by atoms with Gasteiger partial charge in [0.25, 0.3) is 0 Å². The first kappa shape index (κ1) is 26.4. The Morgan fingerprint density at radius 1 is 1.00 bits per heavy atom. The Bertz CT molecular complexity index is 684. The Balaban J connectivity index is 3.68. The number of rotatable bonds is 11. The quantitative estimate of drug-likeness (QED) is 0.301. The summed E-state index contributed by atoms with van der Waals surface area (Å²) in [4.78, 5) is 13.0. The van der Waals surface area contributed by atoms with Crippen LogP contribution in [0.15, 0.2) is 18.2 Å². The molecule has 0 heterocycles. The van der Waals surface area contributed by atoms with Gasteiger partial charge in [-0.3, -0.25) is 4.79 Å². The summed E-state index contributed by atoms with van der Waals surface area (Å²) in [6.45, 7) is 21.0. The van der Waals surface area contributed by atoms with Gasteiger partial charge < -0.3 is 18.1 Å². The first-order valence-electron chi connectivity index (χ1n) is 10.4. The van der Waals surface area contributed by atoms with Gasteiger partial charge in [0.2, 0.25) is 0 Å². The van der Waals surface area contributed by atoms with Gasteiger partial charge in [0, 0.05) is 12.2 Å². The van der Waals surface area contributed by atoms with Gasteiger partial charge in [-0.25, -0.2) is 0 Å². The minimum absolute atomic E-state index is 0.299. The molecule has 1 aromatic carbocycles. The number of carbonyl (C=O) groups is 1. The summed E-state index contributed by atoms with van der Waals surface area (Å²) >= 11 is 0. The Morgan fingerprint density at radius 3 is 1.93 bits per heavy atom. The van der Waals surface area contributed by atoms with Gasteiger partial charge in [-0.05, 0) is 76.8 Å². The van der Waals surface area contributed by atoms with Crippen molar-refractivity contribution in [3.63, 3.8) is 0 Å². The number of hydrogen-bond donors (Lipinski definition) is 1. The number of ketones is 1. The van der Waals surface area contributed by atoms with Gasteiger partial charge in [0.05, 0.1) is 6.61 Å². The molecule has 1 rings (SSSR count). The van der Waals surface area contributed by atoms with E-state index in [9.17, 15) is 9.90 Å². The number of ether oxygens (including phenoxy) is 1. The molecule has 8 heteroatoms. The van der Waals surface area contributed by atoms with Crippen LogP contribution in [-0.2, 0) is 19.6 Å². The molecule has 1 N–H and O–H groups in total. The van der Waals surface area contributed by atoms with E-state index in [4.69, 9.17) is 13.0 Å². The first-order chi connectivity index (χ1) is 13.0. The van der Waals surface area contributed by atoms with Crippen LogP contribution in [0.1, 0.15) is 43.1 Å². The van der Waals surface area contributed by atoms with E-state index in [1.165, 1.54) is 13.8 Å². The summed E-state index contributed by atoms with van der Waals surface area (Å²) < 4.78 is 19.3. The van der Waals surface area contributed by atoms with Gasteiger partial charge in [0.15, 0.2) is 22.4 Å². The highest BCUT2D eigenvalue weighted by Gasteiger charge is 2.44. The summed E-state index contributed by atoms with van der Waals surface area (Å²) in [5.41, 5.74) is -0.183. The highest BCUT2D eigenvalue weighted by atomic mass is 28.5. The summed E-state index contributed by atoms with van der Waals surface area (Å²) in [5, 5.41) is 11.3. The maximum absolute atomic E-state index is 13.0. The molecular formula is C21H40O5Si3. The Hall–Kier alpha value is -0.619. The lowest BCUT2D eigenvalue weighted by Crippen LogP contribution is -2.61. The van der Waals surface area contributed by atoms with Crippen molar-refractivity contribution >= 4 is 36.2 Å². The van der Waals surface area contributed by atoms with Gasteiger partial charge in [-0.1, -0.05) is 25.1 Å². The van der Waals surface area contributed by atoms with Crippen molar-refractivity contribution in [3.05, 3.63) is 29.3 Å². The number of benzene rings is 1. The van der Waals surface area contributed by atoms with Crippen molar-refractivity contribution in [2.24, 2.45) is 0 Å². The van der Waals surface area contributed by atoms with Crippen molar-refractivity contribution in [1.82, 2.24) is 0 Å². The van der Waals surface area contributed by atoms with Gasteiger partial charge in [0.1, 0.15) is 5.60 Å². The molecule has 0 aliphatic carbocycles. The number of hydrogen-bond acceptors (Lipinski definition) is 5. The molecule has 5 nitrogen and oxygen atoms in total. The zero-order valence-electron chi connectivity index (χ0n) is 19.9. The zero-order chi connectivity index (χ0) is 22.7. The van der Waals surface area contributed by atoms with Crippen LogP contribution in [0.3, 0.4) is 0 Å². The topological polar surface area (TPSA) is 65.0 Å². The van der Waals surface area contributed by atoms with E-state index >= 15 is 0 Å². The minimum Gasteiger partial charge on any atom is -0.433 e. The van der Waals surface area contributed by atoms with E-state index in [0.29, 0.717) is 18.8 Å². The molecule has 0 saturated carbocycles. The molecule has 0 aliphatic heterocycles. The van der Waals surface area contributed by atoms with Crippen LogP contribution in [-0.4, -0.2) is 48.3 Å². The van der Waals surface area contributed by atoms with E-state index in [1.807, 2.05) is 12.1 Å². The maximum atomic E-state index is 13.0. The molecule has 29 heavy (non-hydrogen) atoms. The largest absolute Gasteiger partial charge is 0.433 e. The van der Waals surface area contributed by atoms with E-state index in [1.54, 1.807) is 6.07 Å². The zero-order valence-corrected chi connectivity index (χ0v) is 22.9. The average molecular weight is 457 g/mol. The van der Waals surface area contributed by atoms with Crippen LogP contribution in [0, 0.1) is 0 Å². The van der Waals surface area contributed by atoms with E-state index < -0.39 is 30.8 Å². The molecule has 0 unspecified atom stereocenters. The summed E-state index contributed by atoms with van der Waals surface area (Å²) in [5.74, 6) is -0.313. The maximum Gasteiger partial charge on any atom is 0.349 e. The van der Waals surface area contributed by atoms with Gasteiger partial charge in [-0.15, -0.1) is 0 Å². The predicted molar refractivity (Wildman–Crippen MR) is 127 cm³/mol. The predicted octanol–water partition coefficient (Wildman–Crippen LogP) is 4.55. The molecule has 0 fully saturated rings. The lowest BCUT2D eigenvalue weighted by Gasteiger charge is -2.40. The fourth-order valence-electron chi connectivity index (χ4n) is 3.33. The molecule has 0 amide bonds. The Morgan fingerprint density at radius 2 is 1.52 bits per heavy atom. The fourth-order valence-corrected chi connectivity index (χ4v) is 15.3. The monoisotopic (exact) mass is 456 g/mol. The van der Waals surface area contributed by atoms with Crippen molar-refractivity contribution < 1.29 is 22.9 Å². The smallest absolute Gasteiger partial charge is 0.349 e. The molecule has 0 aromatic heterocycles. The number of carbonyl (C=O) groups excluding carboxylic acids is 1. The standard InChI is InChI=1S/C21H40O5Si3/c1-11-15-24-16-18-17(20(22)21(2,3)23)13-12-14-19(18)29(10,25-27(4,5)6)26-28(7,8)9/h12-14,23H,11,15-16H2,1-10H3. The molecule has 0 aliphatic rings. The van der Waals surface area contributed by atoms with E-state index in [-0.39, 0.29) is 5.78 Å². The molecule has 0 bridgehead atoms. The number of aliphatic hydroxyl groups is 1. The molecule has 1 aromatic rings. The van der Waals surface area contributed by atoms with Crippen LogP contribution in [0.25, 0.3) is 0 Å². The highest BCUT2D eigenvalue weighted by molar-refractivity contribution is 6.94. The summed E-state index contributed by atoms with van der Waals surface area (Å²) in [7, 11) is -6.70. The third-order valence-corrected chi connectivity index (χ3v) is 13.5. The van der Waals surface area contributed by atoms with Gasteiger partial charge in [-0.2, -0.15) is 0 Å². The van der Waals surface area contributed by atoms with E-state index in [0.717, 1.165) is 17.2 Å². The second-order valence-electron chi connectivity index (χ2n) is 10.1. The highest BCUT2D eigenvalue weighted by Crippen LogP contribution is 2.25. The third kappa shape index (κ3) is 8.20. The summed E-state index contributed by atoms with van der Waals surface area (Å²) in [6, 6.07) is 5.65. The Labute approximate surface area is 180 Å². The molecule has 0 saturated heterocycles. The fraction of sp³-hybridized carbons (Fsp3) is 0.667. The van der Waals surface area contributed by atoms with Crippen LogP contribution >= 0.6 is 0 Å². The van der Waals surface area contributed by atoms with Crippen LogP contribution in [0.2, 0.25) is 45.8 Å². The van der Waals surface area contributed by atoms with Crippen LogP contribution < -0.4 is 5.19 Å². The second-order valence-corrected chi connectivity index (χ2v) is 22.7. The third-order valence-electron chi connectivity index (χ3n) is 4.06. The molecular weight excluding hydrogens is 416 g/mol. The lowest BCUT2D eigenvalue weighted by molar-refractivity contribution is 0.0482. The van der Waals surface area contributed by atoms with Crippen molar-refractivity contribution in [2.45, 2.75) is 85.2 Å². The molecule has 166 valence electrons. The second kappa shape index (κ2) is 9.67. The normalized spacial score (nSPS) is 13.6. The number of Topliss-reactive ketones (excluding diaryl/α,β-unsaturated/α-hetero) is 1. The van der Waals surface area contributed by atoms with Crippen LogP contribution in [0.4, 0.5) is 0 Å². The van der Waals surface area contributed by atoms with Crippen molar-refractivity contribution in [3.8, 4) is 0 Å². The summed E-state index contributed by atoms with van der Waals surface area (Å²) in [6.07, 6.45) is 0.891. The molecule has 0 spiro atoms. The van der Waals surface area contributed by atoms with Gasteiger partial charge >= 0.3 is 8.56 Å². The average Bonchev–Trinajstić information content (AvgIpc) is 2.49. The van der Waals surface area contributed by atoms with E-state index in [2.05, 4.69) is 52.8 Å². The van der Waals surface area contributed by atoms with Crippen molar-refractivity contribution in [2.75, 3.05) is 6.61 Å². The molecule has 0 atom stereocenters. The first-order valence-corrected chi connectivity index (χ1v) is 19.5. The van der Waals surface area contributed by atoms with Crippen molar-refractivity contribution in [1.29, 1.82) is 0 Å². The lowest BCUT2D eigenvalue weighted by atomic mass is 9.93. The minimum atomic E-state index is -2.83. The Kier molecular flexibility index (Phi) is 8.81. The molecule has 0 radical (unpaired) electrons. The van der Waals surface area contributed by atoms with Crippen LogP contribution in [0.5, 0.6) is 0 Å².